The number of rotatable bonds is 3. The summed E-state index contributed by atoms with van der Waals surface area (Å²) < 4.78 is 0. The first kappa shape index (κ1) is 9.31. The van der Waals surface area contributed by atoms with Gasteiger partial charge < -0.3 is 5.73 Å². The molecule has 0 heterocycles. The van der Waals surface area contributed by atoms with Crippen molar-refractivity contribution in [3.05, 3.63) is 0 Å². The number of hydrogen-bond acceptors (Lipinski definition) is 1. The van der Waals surface area contributed by atoms with Crippen molar-refractivity contribution in [1.29, 1.82) is 0 Å². The van der Waals surface area contributed by atoms with Crippen LogP contribution in [0.15, 0.2) is 0 Å². The van der Waals surface area contributed by atoms with Crippen LogP contribution in [0.5, 0.6) is 0 Å². The summed E-state index contributed by atoms with van der Waals surface area (Å²) in [6, 6.07) is 0. The Balaban J connectivity index is 3.59. The van der Waals surface area contributed by atoms with Crippen molar-refractivity contribution in [2.75, 3.05) is 25.3 Å². The molecule has 0 radical (unpaired) electrons. The Hall–Kier alpha value is 0.310. The minimum atomic E-state index is -0.345. The highest BCUT2D eigenvalue weighted by molar-refractivity contribution is 8.32. The van der Waals surface area contributed by atoms with Crippen LogP contribution in [0, 0.1) is 0 Å². The van der Waals surface area contributed by atoms with E-state index in [0.29, 0.717) is 0 Å². The molecule has 1 unspecified atom stereocenters. The first-order chi connectivity index (χ1) is 3.98. The van der Waals surface area contributed by atoms with E-state index < -0.39 is 0 Å². The smallest absolute Gasteiger partial charge is 0.00674 e. The maximum Gasteiger partial charge on any atom is -0.00674 e. The molecule has 0 aliphatic rings. The molecular weight excluding hydrogens is 130 g/mol. The van der Waals surface area contributed by atoms with Crippen LogP contribution in [-0.2, 0) is 0 Å². The summed E-state index contributed by atoms with van der Waals surface area (Å²) in [4.78, 5) is 0. The van der Waals surface area contributed by atoms with E-state index in [2.05, 4.69) is 25.7 Å². The van der Waals surface area contributed by atoms with Gasteiger partial charge in [0.25, 0.3) is 0 Å². The van der Waals surface area contributed by atoms with Crippen molar-refractivity contribution in [2.24, 2.45) is 5.73 Å². The van der Waals surface area contributed by atoms with Crippen molar-refractivity contribution in [3.8, 4) is 0 Å². The monoisotopic (exact) mass is 149 g/mol. The molecular formula is C7H19NS. The molecule has 2 N–H and O–H groups in total. The van der Waals surface area contributed by atoms with Gasteiger partial charge in [-0.15, -0.1) is 0 Å². The number of nitrogens with two attached hydrogens (primary N) is 1. The highest BCUT2D eigenvalue weighted by Gasteiger charge is 2.12. The van der Waals surface area contributed by atoms with E-state index in [-0.39, 0.29) is 10.0 Å². The van der Waals surface area contributed by atoms with Crippen LogP contribution < -0.4 is 5.73 Å². The summed E-state index contributed by atoms with van der Waals surface area (Å²) >= 11 is 0. The first-order valence-electron chi connectivity index (χ1n) is 3.35. The standard InChI is InChI=1S/C7H19NS/c1-7(5-6-8)9(2,3)4/h7H,5-6,8H2,1-4H3. The summed E-state index contributed by atoms with van der Waals surface area (Å²) in [6.45, 7) is 3.13. The summed E-state index contributed by atoms with van der Waals surface area (Å²) in [5.41, 5.74) is 5.44. The molecule has 1 atom stereocenters. The van der Waals surface area contributed by atoms with Crippen molar-refractivity contribution < 1.29 is 0 Å². The highest BCUT2D eigenvalue weighted by atomic mass is 32.3. The normalized spacial score (nSPS) is 17.4. The van der Waals surface area contributed by atoms with Gasteiger partial charge in [0.2, 0.25) is 0 Å². The first-order valence-corrected chi connectivity index (χ1v) is 6.28. The lowest BCUT2D eigenvalue weighted by Gasteiger charge is -2.32. The van der Waals surface area contributed by atoms with Crippen LogP contribution in [0.25, 0.3) is 0 Å². The predicted octanol–water partition coefficient (Wildman–Crippen LogP) is 1.42. The van der Waals surface area contributed by atoms with Crippen LogP contribution in [0.2, 0.25) is 0 Å². The third-order valence-corrected chi connectivity index (χ3v) is 4.43. The molecule has 0 aromatic rings. The van der Waals surface area contributed by atoms with E-state index in [0.717, 1.165) is 11.8 Å². The zero-order chi connectivity index (χ0) is 7.49. The van der Waals surface area contributed by atoms with Crippen LogP contribution in [0.1, 0.15) is 13.3 Å². The summed E-state index contributed by atoms with van der Waals surface area (Å²) in [6.07, 6.45) is 8.20. The summed E-state index contributed by atoms with van der Waals surface area (Å²) in [7, 11) is -0.345. The Morgan fingerprint density at radius 1 is 1.33 bits per heavy atom. The van der Waals surface area contributed by atoms with Crippen molar-refractivity contribution in [2.45, 2.75) is 18.6 Å². The second-order valence-electron chi connectivity index (χ2n) is 3.32. The van der Waals surface area contributed by atoms with Crippen LogP contribution in [-0.4, -0.2) is 30.6 Å². The SMILES string of the molecule is CC(CCN)S(C)(C)C. The average molecular weight is 149 g/mol. The maximum atomic E-state index is 5.44. The molecule has 0 amide bonds. The van der Waals surface area contributed by atoms with Gasteiger partial charge >= 0.3 is 0 Å². The quantitative estimate of drug-likeness (QED) is 0.645. The van der Waals surface area contributed by atoms with Crippen molar-refractivity contribution in [3.63, 3.8) is 0 Å². The van der Waals surface area contributed by atoms with Gasteiger partial charge in [0.1, 0.15) is 0 Å². The zero-order valence-corrected chi connectivity index (χ0v) is 7.79. The van der Waals surface area contributed by atoms with E-state index in [1.165, 1.54) is 6.42 Å². The fourth-order valence-electron chi connectivity index (χ4n) is 0.588. The molecule has 0 saturated heterocycles. The number of hydrogen-bond donors (Lipinski definition) is 1. The van der Waals surface area contributed by atoms with E-state index in [1.54, 1.807) is 0 Å². The summed E-state index contributed by atoms with van der Waals surface area (Å²) in [5.74, 6) is 0. The molecule has 9 heavy (non-hydrogen) atoms. The molecule has 0 bridgehead atoms. The van der Waals surface area contributed by atoms with Crippen LogP contribution in [0.3, 0.4) is 0 Å². The molecule has 0 spiro atoms. The third-order valence-electron chi connectivity index (χ3n) is 1.78. The molecule has 0 saturated carbocycles. The Morgan fingerprint density at radius 2 is 1.78 bits per heavy atom. The van der Waals surface area contributed by atoms with E-state index in [1.807, 2.05) is 0 Å². The molecule has 0 fully saturated rings. The lowest BCUT2D eigenvalue weighted by atomic mass is 10.3. The Morgan fingerprint density at radius 3 is 1.89 bits per heavy atom. The van der Waals surface area contributed by atoms with Crippen LogP contribution in [0.4, 0.5) is 0 Å². The van der Waals surface area contributed by atoms with E-state index in [9.17, 15) is 0 Å². The van der Waals surface area contributed by atoms with Crippen molar-refractivity contribution in [1.82, 2.24) is 0 Å². The molecule has 0 aromatic carbocycles. The van der Waals surface area contributed by atoms with Crippen LogP contribution >= 0.6 is 10.0 Å². The maximum absolute atomic E-state index is 5.44. The second kappa shape index (κ2) is 3.47. The fourth-order valence-corrected chi connectivity index (χ4v) is 1.43. The van der Waals surface area contributed by atoms with Gasteiger partial charge in [-0.2, -0.15) is 0 Å². The molecule has 0 aliphatic heterocycles. The molecule has 2 heteroatoms. The summed E-state index contributed by atoms with van der Waals surface area (Å²) in [5, 5.41) is 0.822. The lowest BCUT2D eigenvalue weighted by Crippen LogP contribution is -2.16. The Bertz CT molecular complexity index is 75.5. The second-order valence-corrected chi connectivity index (χ2v) is 7.99. The largest absolute Gasteiger partial charge is 0.330 e. The van der Waals surface area contributed by atoms with E-state index in [4.69, 9.17) is 5.73 Å². The Labute approximate surface area is 60.3 Å². The van der Waals surface area contributed by atoms with Gasteiger partial charge in [0.05, 0.1) is 0 Å². The van der Waals surface area contributed by atoms with Gasteiger partial charge in [-0.25, -0.2) is 10.0 Å². The van der Waals surface area contributed by atoms with Gasteiger partial charge in [0.15, 0.2) is 0 Å². The minimum Gasteiger partial charge on any atom is -0.330 e. The topological polar surface area (TPSA) is 26.0 Å². The zero-order valence-electron chi connectivity index (χ0n) is 6.98. The molecule has 58 valence electrons. The average Bonchev–Trinajstić information content (AvgIpc) is 1.64. The van der Waals surface area contributed by atoms with Gasteiger partial charge in [0, 0.05) is 0 Å². The molecule has 0 rings (SSSR count). The Kier molecular flexibility index (Phi) is 3.59. The van der Waals surface area contributed by atoms with Crippen molar-refractivity contribution >= 4 is 10.0 Å². The molecule has 0 aliphatic carbocycles. The van der Waals surface area contributed by atoms with E-state index >= 15 is 0 Å². The predicted molar refractivity (Wildman–Crippen MR) is 48.5 cm³/mol. The molecule has 1 nitrogen and oxygen atoms in total. The third kappa shape index (κ3) is 3.82. The lowest BCUT2D eigenvalue weighted by molar-refractivity contribution is 0.817. The highest BCUT2D eigenvalue weighted by Crippen LogP contribution is 2.41. The minimum absolute atomic E-state index is 0.345. The fraction of sp³-hybridized carbons (Fsp3) is 1.00. The molecule has 0 aromatic heterocycles. The van der Waals surface area contributed by atoms with Gasteiger partial charge in [-0.05, 0) is 37.0 Å². The van der Waals surface area contributed by atoms with Gasteiger partial charge in [-0.3, -0.25) is 0 Å². The van der Waals surface area contributed by atoms with Gasteiger partial charge in [-0.1, -0.05) is 6.92 Å².